The van der Waals surface area contributed by atoms with Crippen LogP contribution in [0.15, 0.2) is 43.0 Å². The van der Waals surface area contributed by atoms with Gasteiger partial charge in [-0.3, -0.25) is 4.90 Å². The first-order chi connectivity index (χ1) is 8.84. The number of rotatable bonds is 3. The summed E-state index contributed by atoms with van der Waals surface area (Å²) in [5.41, 5.74) is 2.38. The summed E-state index contributed by atoms with van der Waals surface area (Å²) in [5.74, 6) is 0. The van der Waals surface area contributed by atoms with Crippen LogP contribution in [0.5, 0.6) is 0 Å². The zero-order chi connectivity index (χ0) is 12.4. The van der Waals surface area contributed by atoms with E-state index in [0.717, 1.165) is 23.7 Å². The minimum Gasteiger partial charge on any atom is -0.292 e. The van der Waals surface area contributed by atoms with Gasteiger partial charge in [0.1, 0.15) is 6.33 Å². The topological polar surface area (TPSA) is 29.0 Å². The summed E-state index contributed by atoms with van der Waals surface area (Å²) >= 11 is 5.95. The second-order valence-electron chi connectivity index (χ2n) is 4.52. The Balaban J connectivity index is 1.97. The third-order valence-electron chi connectivity index (χ3n) is 3.34. The quantitative estimate of drug-likeness (QED) is 0.849. The smallest absolute Gasteiger partial charge is 0.115 e. The second-order valence-corrected chi connectivity index (χ2v) is 4.95. The van der Waals surface area contributed by atoms with E-state index in [1.807, 2.05) is 24.5 Å². The number of benzene rings is 1. The zero-order valence-electron chi connectivity index (χ0n) is 9.96. The fourth-order valence-corrected chi connectivity index (χ4v) is 2.44. The van der Waals surface area contributed by atoms with E-state index in [-0.39, 0.29) is 6.04 Å². The number of halogens is 1. The predicted molar refractivity (Wildman–Crippen MR) is 71.5 cm³/mol. The van der Waals surface area contributed by atoms with E-state index in [1.165, 1.54) is 12.0 Å². The molecule has 0 radical (unpaired) electrons. The summed E-state index contributed by atoms with van der Waals surface area (Å²) in [7, 11) is 0. The molecule has 1 aromatic heterocycles. The summed E-state index contributed by atoms with van der Waals surface area (Å²) in [5, 5.41) is 0.769. The van der Waals surface area contributed by atoms with E-state index < -0.39 is 0 Å². The third kappa shape index (κ3) is 2.24. The molecule has 18 heavy (non-hydrogen) atoms. The molecule has 0 saturated carbocycles. The van der Waals surface area contributed by atoms with Gasteiger partial charge >= 0.3 is 0 Å². The highest BCUT2D eigenvalue weighted by Gasteiger charge is 2.27. The standard InChI is InChI=1S/C14H14ClN3/c15-13-4-2-11(3-5-13)14(18-6-1-7-18)12-8-16-10-17-9-12/h2-5,8-10,14H,1,6-7H2. The molecule has 1 aromatic carbocycles. The van der Waals surface area contributed by atoms with Gasteiger partial charge < -0.3 is 0 Å². The summed E-state index contributed by atoms with van der Waals surface area (Å²) in [6, 6.07) is 8.29. The van der Waals surface area contributed by atoms with Crippen molar-refractivity contribution in [1.29, 1.82) is 0 Å². The van der Waals surface area contributed by atoms with Crippen molar-refractivity contribution in [3.05, 3.63) is 59.1 Å². The molecule has 92 valence electrons. The lowest BCUT2D eigenvalue weighted by molar-refractivity contribution is 0.140. The maximum Gasteiger partial charge on any atom is 0.115 e. The van der Waals surface area contributed by atoms with Crippen molar-refractivity contribution in [2.75, 3.05) is 13.1 Å². The number of likely N-dealkylation sites (tertiary alicyclic amines) is 1. The molecule has 1 aliphatic rings. The molecule has 3 rings (SSSR count). The molecule has 0 aliphatic carbocycles. The van der Waals surface area contributed by atoms with Gasteiger partial charge in [-0.05, 0) is 24.1 Å². The lowest BCUT2D eigenvalue weighted by atomic mass is 9.96. The molecule has 3 nitrogen and oxygen atoms in total. The van der Waals surface area contributed by atoms with Crippen molar-refractivity contribution in [3.63, 3.8) is 0 Å². The first kappa shape index (κ1) is 11.6. The average molecular weight is 260 g/mol. The fourth-order valence-electron chi connectivity index (χ4n) is 2.31. The lowest BCUT2D eigenvalue weighted by Gasteiger charge is -2.38. The monoisotopic (exact) mass is 259 g/mol. The highest BCUT2D eigenvalue weighted by molar-refractivity contribution is 6.30. The Kier molecular flexibility index (Phi) is 3.26. The summed E-state index contributed by atoms with van der Waals surface area (Å²) in [4.78, 5) is 10.7. The van der Waals surface area contributed by atoms with Crippen LogP contribution in [0, 0.1) is 0 Å². The molecule has 1 atom stereocenters. The minimum absolute atomic E-state index is 0.247. The second kappa shape index (κ2) is 5.04. The maximum atomic E-state index is 5.95. The predicted octanol–water partition coefficient (Wildman–Crippen LogP) is 2.93. The Morgan fingerprint density at radius 1 is 1.00 bits per heavy atom. The Morgan fingerprint density at radius 2 is 1.67 bits per heavy atom. The Bertz CT molecular complexity index is 508. The van der Waals surface area contributed by atoms with Crippen LogP contribution < -0.4 is 0 Å². The van der Waals surface area contributed by atoms with Gasteiger partial charge in [-0.2, -0.15) is 0 Å². The molecule has 1 fully saturated rings. The number of aromatic nitrogens is 2. The van der Waals surface area contributed by atoms with Crippen LogP contribution in [0.1, 0.15) is 23.6 Å². The number of hydrogen-bond acceptors (Lipinski definition) is 3. The molecular weight excluding hydrogens is 246 g/mol. The van der Waals surface area contributed by atoms with Crippen molar-refractivity contribution >= 4 is 11.6 Å². The van der Waals surface area contributed by atoms with Gasteiger partial charge in [0.25, 0.3) is 0 Å². The van der Waals surface area contributed by atoms with E-state index in [9.17, 15) is 0 Å². The van der Waals surface area contributed by atoms with Gasteiger partial charge in [0.15, 0.2) is 0 Å². The maximum absolute atomic E-state index is 5.95. The van der Waals surface area contributed by atoms with Crippen molar-refractivity contribution in [2.45, 2.75) is 12.5 Å². The SMILES string of the molecule is Clc1ccc(C(c2cncnc2)N2CCC2)cc1. The first-order valence-electron chi connectivity index (χ1n) is 6.09. The van der Waals surface area contributed by atoms with Crippen LogP contribution >= 0.6 is 11.6 Å². The van der Waals surface area contributed by atoms with Gasteiger partial charge in [-0.1, -0.05) is 23.7 Å². The molecule has 4 heteroatoms. The van der Waals surface area contributed by atoms with E-state index in [1.54, 1.807) is 6.33 Å². The molecule has 0 bridgehead atoms. The van der Waals surface area contributed by atoms with Gasteiger partial charge in [0.2, 0.25) is 0 Å². The van der Waals surface area contributed by atoms with E-state index in [2.05, 4.69) is 27.0 Å². The molecule has 1 aliphatic heterocycles. The van der Waals surface area contributed by atoms with Crippen LogP contribution in [-0.2, 0) is 0 Å². The zero-order valence-corrected chi connectivity index (χ0v) is 10.7. The fraction of sp³-hybridized carbons (Fsp3) is 0.286. The Morgan fingerprint density at radius 3 is 2.22 bits per heavy atom. The summed E-state index contributed by atoms with van der Waals surface area (Å²) < 4.78 is 0. The first-order valence-corrected chi connectivity index (χ1v) is 6.47. The molecular formula is C14H14ClN3. The lowest BCUT2D eigenvalue weighted by Crippen LogP contribution is -2.40. The van der Waals surface area contributed by atoms with Crippen molar-refractivity contribution in [3.8, 4) is 0 Å². The van der Waals surface area contributed by atoms with Crippen molar-refractivity contribution in [1.82, 2.24) is 14.9 Å². The van der Waals surface area contributed by atoms with Crippen LogP contribution in [0.2, 0.25) is 5.02 Å². The van der Waals surface area contributed by atoms with Gasteiger partial charge in [-0.25, -0.2) is 9.97 Å². The number of hydrogen-bond donors (Lipinski definition) is 0. The van der Waals surface area contributed by atoms with Crippen LogP contribution in [0.4, 0.5) is 0 Å². The summed E-state index contributed by atoms with van der Waals surface area (Å²) in [6.45, 7) is 2.25. The summed E-state index contributed by atoms with van der Waals surface area (Å²) in [6.07, 6.45) is 6.62. The average Bonchev–Trinajstić information content (AvgIpc) is 2.36. The highest BCUT2D eigenvalue weighted by Crippen LogP contribution is 2.31. The normalized spacial score (nSPS) is 17.2. The van der Waals surface area contributed by atoms with Crippen LogP contribution in [-0.4, -0.2) is 28.0 Å². The Hall–Kier alpha value is -1.45. The van der Waals surface area contributed by atoms with Gasteiger partial charge in [0.05, 0.1) is 6.04 Å². The van der Waals surface area contributed by atoms with E-state index in [0.29, 0.717) is 0 Å². The molecule has 0 spiro atoms. The molecule has 0 amide bonds. The van der Waals surface area contributed by atoms with Crippen molar-refractivity contribution in [2.24, 2.45) is 0 Å². The Labute approximate surface area is 111 Å². The van der Waals surface area contributed by atoms with Gasteiger partial charge in [0, 0.05) is 36.1 Å². The van der Waals surface area contributed by atoms with Crippen LogP contribution in [0.25, 0.3) is 0 Å². The van der Waals surface area contributed by atoms with Crippen molar-refractivity contribution < 1.29 is 0 Å². The molecule has 2 heterocycles. The van der Waals surface area contributed by atoms with E-state index in [4.69, 9.17) is 11.6 Å². The highest BCUT2D eigenvalue weighted by atomic mass is 35.5. The molecule has 0 N–H and O–H groups in total. The number of nitrogens with zero attached hydrogens (tertiary/aromatic N) is 3. The van der Waals surface area contributed by atoms with Gasteiger partial charge in [-0.15, -0.1) is 0 Å². The molecule has 1 saturated heterocycles. The van der Waals surface area contributed by atoms with Crippen LogP contribution in [0.3, 0.4) is 0 Å². The molecule has 1 unspecified atom stereocenters. The largest absolute Gasteiger partial charge is 0.292 e. The molecule has 2 aromatic rings. The third-order valence-corrected chi connectivity index (χ3v) is 3.59. The minimum atomic E-state index is 0.247. The van der Waals surface area contributed by atoms with E-state index >= 15 is 0 Å².